The summed E-state index contributed by atoms with van der Waals surface area (Å²) in [7, 11) is 0. The highest BCUT2D eigenvalue weighted by molar-refractivity contribution is 7.81. The third-order valence-electron chi connectivity index (χ3n) is 3.91. The molecule has 1 aliphatic heterocycles. The average molecular weight is 322 g/mol. The van der Waals surface area contributed by atoms with Crippen LogP contribution in [0.1, 0.15) is 20.8 Å². The smallest absolute Gasteiger partial charge is 0.241 e. The third kappa shape index (κ3) is 2.97. The molecule has 3 atom stereocenters. The van der Waals surface area contributed by atoms with Crippen molar-refractivity contribution in [3.63, 3.8) is 0 Å². The van der Waals surface area contributed by atoms with Crippen LogP contribution in [0, 0.1) is 0 Å². The van der Waals surface area contributed by atoms with Crippen molar-refractivity contribution in [1.29, 1.82) is 0 Å². The molecule has 1 heterocycles. The molecule has 120 valence electrons. The van der Waals surface area contributed by atoms with Crippen LogP contribution in [-0.4, -0.2) is 35.7 Å². The summed E-state index contributed by atoms with van der Waals surface area (Å²) in [6.45, 7) is 5.70. The number of nitrogens with two attached hydrogens (primary N) is 1. The molecular formula is C15H22N4O2S. The number of anilines is 2. The molecule has 2 amide bonds. The van der Waals surface area contributed by atoms with Gasteiger partial charge in [0, 0.05) is 19.5 Å². The fraction of sp³-hybridized carbons (Fsp3) is 0.467. The zero-order valence-electron chi connectivity index (χ0n) is 13.0. The molecule has 0 aliphatic carbocycles. The van der Waals surface area contributed by atoms with E-state index >= 15 is 0 Å². The van der Waals surface area contributed by atoms with E-state index < -0.39 is 5.25 Å². The predicted octanol–water partition coefficient (Wildman–Crippen LogP) is 0.925. The zero-order chi connectivity index (χ0) is 16.4. The third-order valence-corrected chi connectivity index (χ3v) is 4.58. The standard InChI is InChI=1S/C15H22N4O2S/c1-9-8-18(15(21)14(22)10(2)17-16)12-6-4-5-7-13(12)19(9)11(3)20/h4-7,9-10,14,17,22H,8,16H2,1-3H3/t9-,10?,14?/m0/s1. The summed E-state index contributed by atoms with van der Waals surface area (Å²) in [5.41, 5.74) is 4.03. The molecule has 0 saturated heterocycles. The fourth-order valence-electron chi connectivity index (χ4n) is 2.73. The lowest BCUT2D eigenvalue weighted by molar-refractivity contribution is -0.119. The molecule has 0 fully saturated rings. The largest absolute Gasteiger partial charge is 0.307 e. The normalized spacial score (nSPS) is 20.3. The lowest BCUT2D eigenvalue weighted by Crippen LogP contribution is -2.55. The van der Waals surface area contributed by atoms with Gasteiger partial charge in [-0.3, -0.25) is 20.9 Å². The number of nitrogens with zero attached hydrogens (tertiary/aromatic N) is 2. The number of para-hydroxylation sites is 2. The maximum atomic E-state index is 12.7. The highest BCUT2D eigenvalue weighted by atomic mass is 32.1. The average Bonchev–Trinajstić information content (AvgIpc) is 2.51. The number of hydrogen-bond acceptors (Lipinski definition) is 5. The molecule has 0 bridgehead atoms. The van der Waals surface area contributed by atoms with E-state index in [-0.39, 0.29) is 23.9 Å². The SMILES string of the molecule is CC(=O)N1c2ccccc2N(C(=O)C(S)C(C)NN)C[C@@H]1C. The monoisotopic (exact) mass is 322 g/mol. The number of amides is 2. The van der Waals surface area contributed by atoms with Crippen LogP contribution in [0.5, 0.6) is 0 Å². The van der Waals surface area contributed by atoms with Crippen LogP contribution in [0.3, 0.4) is 0 Å². The molecule has 1 aromatic carbocycles. The van der Waals surface area contributed by atoms with Crippen LogP contribution in [0.4, 0.5) is 11.4 Å². The van der Waals surface area contributed by atoms with E-state index in [1.54, 1.807) is 16.7 Å². The fourth-order valence-corrected chi connectivity index (χ4v) is 2.96. The van der Waals surface area contributed by atoms with Gasteiger partial charge in [0.05, 0.1) is 22.7 Å². The minimum absolute atomic E-state index is 0.0357. The van der Waals surface area contributed by atoms with Crippen molar-refractivity contribution in [3.05, 3.63) is 24.3 Å². The lowest BCUT2D eigenvalue weighted by atomic mass is 10.1. The van der Waals surface area contributed by atoms with Crippen LogP contribution in [-0.2, 0) is 9.59 Å². The van der Waals surface area contributed by atoms with Crippen molar-refractivity contribution < 1.29 is 9.59 Å². The second-order valence-electron chi connectivity index (χ2n) is 5.58. The highest BCUT2D eigenvalue weighted by Crippen LogP contribution is 2.36. The van der Waals surface area contributed by atoms with Crippen LogP contribution in [0.2, 0.25) is 0 Å². The quantitative estimate of drug-likeness (QED) is 0.439. The molecule has 3 N–H and O–H groups in total. The summed E-state index contributed by atoms with van der Waals surface area (Å²) < 4.78 is 0. The van der Waals surface area contributed by atoms with Gasteiger partial charge in [0.2, 0.25) is 11.8 Å². The molecule has 2 unspecified atom stereocenters. The summed E-state index contributed by atoms with van der Waals surface area (Å²) in [5.74, 6) is 5.24. The summed E-state index contributed by atoms with van der Waals surface area (Å²) in [5, 5.41) is -0.561. The van der Waals surface area contributed by atoms with Gasteiger partial charge in [0.25, 0.3) is 0 Å². The second kappa shape index (κ2) is 6.68. The van der Waals surface area contributed by atoms with Gasteiger partial charge in [-0.15, -0.1) is 0 Å². The first-order valence-electron chi connectivity index (χ1n) is 7.22. The molecule has 1 aliphatic rings. The van der Waals surface area contributed by atoms with Gasteiger partial charge >= 0.3 is 0 Å². The van der Waals surface area contributed by atoms with Crippen molar-refractivity contribution in [2.75, 3.05) is 16.3 Å². The van der Waals surface area contributed by atoms with Crippen LogP contribution >= 0.6 is 12.6 Å². The summed E-state index contributed by atoms with van der Waals surface area (Å²) in [4.78, 5) is 28.1. The van der Waals surface area contributed by atoms with Gasteiger partial charge in [-0.25, -0.2) is 0 Å². The lowest BCUT2D eigenvalue weighted by Gasteiger charge is -2.41. The molecule has 2 rings (SSSR count). The van der Waals surface area contributed by atoms with Gasteiger partial charge in [0.15, 0.2) is 0 Å². The van der Waals surface area contributed by atoms with E-state index in [1.807, 2.05) is 31.2 Å². The number of thiol groups is 1. The Bertz CT molecular complexity index is 580. The van der Waals surface area contributed by atoms with E-state index in [0.29, 0.717) is 6.54 Å². The summed E-state index contributed by atoms with van der Waals surface area (Å²) in [6, 6.07) is 7.05. The number of carbonyl (C=O) groups is 2. The highest BCUT2D eigenvalue weighted by Gasteiger charge is 2.36. The number of rotatable bonds is 3. The number of hydrogen-bond donors (Lipinski definition) is 3. The molecule has 0 spiro atoms. The van der Waals surface area contributed by atoms with E-state index in [1.165, 1.54) is 6.92 Å². The van der Waals surface area contributed by atoms with Gasteiger partial charge in [-0.05, 0) is 26.0 Å². The molecular weight excluding hydrogens is 300 g/mol. The number of nitrogens with one attached hydrogen (secondary N) is 1. The van der Waals surface area contributed by atoms with Crippen molar-refractivity contribution >= 4 is 35.8 Å². The van der Waals surface area contributed by atoms with Crippen LogP contribution in [0.15, 0.2) is 24.3 Å². The Morgan fingerprint density at radius 1 is 1.36 bits per heavy atom. The summed E-state index contributed by atoms with van der Waals surface area (Å²) >= 11 is 4.38. The Kier molecular flexibility index (Phi) is 5.10. The maximum absolute atomic E-state index is 12.7. The Hall–Kier alpha value is -1.57. The van der Waals surface area contributed by atoms with Crippen molar-refractivity contribution in [2.45, 2.75) is 38.1 Å². The number of benzene rings is 1. The van der Waals surface area contributed by atoms with Gasteiger partial charge < -0.3 is 9.80 Å². The minimum Gasteiger partial charge on any atom is -0.307 e. The van der Waals surface area contributed by atoms with E-state index in [0.717, 1.165) is 11.4 Å². The molecule has 22 heavy (non-hydrogen) atoms. The Labute approximate surface area is 136 Å². The second-order valence-corrected chi connectivity index (χ2v) is 6.13. The Morgan fingerprint density at radius 2 is 1.95 bits per heavy atom. The van der Waals surface area contributed by atoms with Crippen LogP contribution in [0.25, 0.3) is 0 Å². The van der Waals surface area contributed by atoms with E-state index in [2.05, 4.69) is 18.1 Å². The molecule has 7 heteroatoms. The van der Waals surface area contributed by atoms with Crippen molar-refractivity contribution in [3.8, 4) is 0 Å². The van der Waals surface area contributed by atoms with Crippen molar-refractivity contribution in [1.82, 2.24) is 5.43 Å². The first-order valence-corrected chi connectivity index (χ1v) is 7.74. The number of hydrazine groups is 1. The first-order chi connectivity index (χ1) is 10.4. The Balaban J connectivity index is 2.40. The Morgan fingerprint density at radius 3 is 2.50 bits per heavy atom. The molecule has 6 nitrogen and oxygen atoms in total. The van der Waals surface area contributed by atoms with Gasteiger partial charge in [0.1, 0.15) is 0 Å². The predicted molar refractivity (Wildman–Crippen MR) is 91.0 cm³/mol. The first kappa shape index (κ1) is 16.8. The van der Waals surface area contributed by atoms with Gasteiger partial charge in [-0.2, -0.15) is 12.6 Å². The van der Waals surface area contributed by atoms with Crippen molar-refractivity contribution in [2.24, 2.45) is 5.84 Å². The number of carbonyl (C=O) groups excluding carboxylic acids is 2. The van der Waals surface area contributed by atoms with E-state index in [9.17, 15) is 9.59 Å². The molecule has 1 aromatic rings. The molecule has 0 saturated carbocycles. The molecule has 0 radical (unpaired) electrons. The maximum Gasteiger partial charge on any atom is 0.241 e. The summed E-state index contributed by atoms with van der Waals surface area (Å²) in [6.07, 6.45) is 0. The van der Waals surface area contributed by atoms with Crippen LogP contribution < -0.4 is 21.1 Å². The molecule has 0 aromatic heterocycles. The van der Waals surface area contributed by atoms with E-state index in [4.69, 9.17) is 5.84 Å². The number of fused-ring (bicyclic) bond motifs is 1. The van der Waals surface area contributed by atoms with Gasteiger partial charge in [-0.1, -0.05) is 12.1 Å². The zero-order valence-corrected chi connectivity index (χ0v) is 13.9. The topological polar surface area (TPSA) is 78.7 Å². The minimum atomic E-state index is -0.561.